The van der Waals surface area contributed by atoms with Crippen molar-refractivity contribution in [1.29, 1.82) is 0 Å². The minimum atomic E-state index is -0.841. The van der Waals surface area contributed by atoms with Crippen molar-refractivity contribution in [3.63, 3.8) is 0 Å². The van der Waals surface area contributed by atoms with Gasteiger partial charge in [-0.25, -0.2) is 0 Å². The van der Waals surface area contributed by atoms with Crippen molar-refractivity contribution < 1.29 is 19.4 Å². The van der Waals surface area contributed by atoms with Crippen LogP contribution in [0.1, 0.15) is 19.3 Å². The first-order valence-corrected chi connectivity index (χ1v) is 6.73. The fraction of sp³-hybridized carbons (Fsp3) is 0.571. The van der Waals surface area contributed by atoms with E-state index in [2.05, 4.69) is 18.5 Å². The Morgan fingerprint density at radius 3 is 2.75 bits per heavy atom. The summed E-state index contributed by atoms with van der Waals surface area (Å²) in [6, 6.07) is 0. The average molecular weight is 282 g/mol. The number of esters is 1. The number of likely N-dealkylation sites (tertiary alicyclic amines) is 1. The van der Waals surface area contributed by atoms with Crippen LogP contribution in [0.15, 0.2) is 25.4 Å². The Balaban J connectivity index is 2.13. The molecule has 2 unspecified atom stereocenters. The van der Waals surface area contributed by atoms with Gasteiger partial charge in [0, 0.05) is 13.1 Å². The molecule has 1 fully saturated rings. The summed E-state index contributed by atoms with van der Waals surface area (Å²) < 4.78 is 5.13. The highest BCUT2D eigenvalue weighted by molar-refractivity contribution is 5.86. The number of carbonyl (C=O) groups excluding carboxylic acids is 2. The van der Waals surface area contributed by atoms with Crippen LogP contribution in [0.2, 0.25) is 0 Å². The van der Waals surface area contributed by atoms with Crippen LogP contribution >= 0.6 is 0 Å². The monoisotopic (exact) mass is 282 g/mol. The highest BCUT2D eigenvalue weighted by Crippen LogP contribution is 2.23. The fourth-order valence-electron chi connectivity index (χ4n) is 2.03. The topological polar surface area (TPSA) is 78.9 Å². The van der Waals surface area contributed by atoms with Gasteiger partial charge in [0.1, 0.15) is 12.1 Å². The minimum Gasteiger partial charge on any atom is -0.465 e. The number of carbonyl (C=O) groups is 2. The molecule has 0 spiro atoms. The summed E-state index contributed by atoms with van der Waals surface area (Å²) in [4.78, 5) is 24.3. The number of ether oxygens (including phenoxy) is 1. The summed E-state index contributed by atoms with van der Waals surface area (Å²) in [6.45, 7) is 8.35. The van der Waals surface area contributed by atoms with Gasteiger partial charge in [-0.2, -0.15) is 0 Å². The molecule has 1 rings (SSSR count). The van der Waals surface area contributed by atoms with Gasteiger partial charge >= 0.3 is 5.97 Å². The van der Waals surface area contributed by atoms with Gasteiger partial charge < -0.3 is 20.1 Å². The molecular formula is C14H22N2O4. The number of unbranched alkanes of at least 4 members (excludes halogenated alkanes) is 1. The van der Waals surface area contributed by atoms with E-state index in [0.29, 0.717) is 32.5 Å². The number of hydrogen-bond acceptors (Lipinski definition) is 5. The van der Waals surface area contributed by atoms with E-state index in [0.717, 1.165) is 6.42 Å². The predicted molar refractivity (Wildman–Crippen MR) is 74.4 cm³/mol. The van der Waals surface area contributed by atoms with Crippen molar-refractivity contribution in [3.8, 4) is 0 Å². The maximum atomic E-state index is 11.8. The van der Waals surface area contributed by atoms with Crippen molar-refractivity contribution in [2.45, 2.75) is 25.5 Å². The number of nitrogens with zero attached hydrogens (tertiary/aromatic N) is 1. The average Bonchev–Trinajstić information content (AvgIpc) is 2.83. The van der Waals surface area contributed by atoms with Crippen LogP contribution in [0.3, 0.4) is 0 Å². The number of aliphatic hydroxyl groups excluding tert-OH is 1. The number of aliphatic hydroxyl groups is 1. The Morgan fingerprint density at radius 1 is 1.40 bits per heavy atom. The molecule has 2 N–H and O–H groups in total. The lowest BCUT2D eigenvalue weighted by molar-refractivity contribution is -0.153. The van der Waals surface area contributed by atoms with E-state index in [9.17, 15) is 14.7 Å². The van der Waals surface area contributed by atoms with Crippen molar-refractivity contribution in [3.05, 3.63) is 25.4 Å². The van der Waals surface area contributed by atoms with Gasteiger partial charge in [0.05, 0.1) is 6.61 Å². The van der Waals surface area contributed by atoms with E-state index < -0.39 is 12.1 Å². The van der Waals surface area contributed by atoms with Crippen molar-refractivity contribution >= 4 is 11.9 Å². The second kappa shape index (κ2) is 8.37. The lowest BCUT2D eigenvalue weighted by atomic mass is 10.1. The molecule has 6 heteroatoms. The molecule has 0 radical (unpaired) electrons. The van der Waals surface area contributed by atoms with Gasteiger partial charge in [0.15, 0.2) is 0 Å². The summed E-state index contributed by atoms with van der Waals surface area (Å²) in [6.07, 6.45) is 3.86. The third-order valence-electron chi connectivity index (χ3n) is 3.24. The fourth-order valence-corrected chi connectivity index (χ4v) is 2.03. The van der Waals surface area contributed by atoms with E-state index >= 15 is 0 Å². The number of amides is 1. The third kappa shape index (κ3) is 4.70. The van der Waals surface area contributed by atoms with Crippen LogP contribution in [0.4, 0.5) is 0 Å². The molecule has 1 heterocycles. The molecule has 0 aliphatic carbocycles. The molecule has 112 valence electrons. The maximum absolute atomic E-state index is 11.8. The predicted octanol–water partition coefficient (Wildman–Crippen LogP) is 0.396. The van der Waals surface area contributed by atoms with Gasteiger partial charge in [-0.15, -0.1) is 0 Å². The molecule has 20 heavy (non-hydrogen) atoms. The van der Waals surface area contributed by atoms with E-state index in [1.165, 1.54) is 12.3 Å². The molecule has 0 aromatic carbocycles. The summed E-state index contributed by atoms with van der Waals surface area (Å²) in [5.41, 5.74) is 0. The lowest BCUT2D eigenvalue weighted by Crippen LogP contribution is -2.33. The second-order valence-corrected chi connectivity index (χ2v) is 4.60. The van der Waals surface area contributed by atoms with Crippen LogP contribution < -0.4 is 5.32 Å². The zero-order valence-corrected chi connectivity index (χ0v) is 11.6. The normalized spacial score (nSPS) is 21.4. The zero-order chi connectivity index (χ0) is 15.0. The Bertz CT molecular complexity index is 370. The minimum absolute atomic E-state index is 0.208. The maximum Gasteiger partial charge on any atom is 0.313 e. The Kier molecular flexibility index (Phi) is 6.79. The first-order chi connectivity index (χ1) is 9.60. The molecule has 6 nitrogen and oxygen atoms in total. The van der Waals surface area contributed by atoms with E-state index in [4.69, 9.17) is 4.74 Å². The van der Waals surface area contributed by atoms with Gasteiger partial charge in [-0.3, -0.25) is 9.59 Å². The smallest absolute Gasteiger partial charge is 0.313 e. The molecule has 0 aromatic heterocycles. The highest BCUT2D eigenvalue weighted by atomic mass is 16.5. The van der Waals surface area contributed by atoms with Crippen LogP contribution in [0.5, 0.6) is 0 Å². The Hall–Kier alpha value is -1.82. The van der Waals surface area contributed by atoms with Crippen LogP contribution in [0, 0.1) is 5.92 Å². The largest absolute Gasteiger partial charge is 0.465 e. The van der Waals surface area contributed by atoms with Crippen LogP contribution in [-0.4, -0.2) is 47.8 Å². The quantitative estimate of drug-likeness (QED) is 0.383. The molecule has 1 amide bonds. The summed E-state index contributed by atoms with van der Waals surface area (Å²) in [7, 11) is 0. The summed E-state index contributed by atoms with van der Waals surface area (Å²) >= 11 is 0. The van der Waals surface area contributed by atoms with Crippen molar-refractivity contribution in [2.75, 3.05) is 19.7 Å². The second-order valence-electron chi connectivity index (χ2n) is 4.60. The van der Waals surface area contributed by atoms with Gasteiger partial charge in [-0.05, 0) is 31.5 Å². The molecule has 0 aromatic rings. The van der Waals surface area contributed by atoms with Gasteiger partial charge in [0.25, 0.3) is 0 Å². The van der Waals surface area contributed by atoms with E-state index in [-0.39, 0.29) is 11.9 Å². The molecule has 1 aliphatic heterocycles. The van der Waals surface area contributed by atoms with Crippen molar-refractivity contribution in [1.82, 2.24) is 10.2 Å². The molecule has 1 aliphatic rings. The zero-order valence-electron chi connectivity index (χ0n) is 11.6. The number of nitrogens with one attached hydrogen (secondary N) is 1. The van der Waals surface area contributed by atoms with Gasteiger partial charge in [0.2, 0.25) is 5.91 Å². The number of hydrogen-bond donors (Lipinski definition) is 2. The lowest BCUT2D eigenvalue weighted by Gasteiger charge is -2.20. The van der Waals surface area contributed by atoms with E-state index in [1.807, 2.05) is 0 Å². The van der Waals surface area contributed by atoms with Crippen molar-refractivity contribution in [2.24, 2.45) is 5.92 Å². The van der Waals surface area contributed by atoms with Crippen LogP contribution in [0.25, 0.3) is 0 Å². The Labute approximate surface area is 119 Å². The van der Waals surface area contributed by atoms with E-state index in [1.54, 1.807) is 4.90 Å². The standard InChI is InChI=1S/C14H22N2O4/c1-3-12(17)15-8-5-6-10-20-14(19)11-7-9-16(4-2)13(11)18/h3-4,11,13,18H,1-2,5-10H2,(H,15,17). The summed E-state index contributed by atoms with van der Waals surface area (Å²) in [5.74, 6) is -1.09. The Morgan fingerprint density at radius 2 is 2.15 bits per heavy atom. The van der Waals surface area contributed by atoms with Crippen LogP contribution in [-0.2, 0) is 14.3 Å². The molecule has 1 saturated heterocycles. The highest BCUT2D eigenvalue weighted by Gasteiger charge is 2.36. The molecule has 2 atom stereocenters. The summed E-state index contributed by atoms with van der Waals surface area (Å²) in [5, 5.41) is 12.5. The first kappa shape index (κ1) is 16.2. The van der Waals surface area contributed by atoms with Gasteiger partial charge in [-0.1, -0.05) is 13.2 Å². The molecule has 0 bridgehead atoms. The molecular weight excluding hydrogens is 260 g/mol. The first-order valence-electron chi connectivity index (χ1n) is 6.73. The SMILES string of the molecule is C=CC(=O)NCCCCOC(=O)C1CCN(C=C)C1O. The molecule has 0 saturated carbocycles. The number of rotatable bonds is 8. The third-order valence-corrected chi connectivity index (χ3v) is 3.24.